The van der Waals surface area contributed by atoms with Crippen molar-refractivity contribution in [1.29, 1.82) is 0 Å². The summed E-state index contributed by atoms with van der Waals surface area (Å²) in [5, 5.41) is 3.28. The number of rotatable bonds is 8. The molecule has 0 heterocycles. The van der Waals surface area contributed by atoms with E-state index < -0.39 is 18.5 Å². The SMILES string of the molecule is CCCOc1ccc(C(=O)OCC(=O)Nc2cc(Cl)ccc2Cl)cc1OC. The minimum Gasteiger partial charge on any atom is -0.493 e. The number of amides is 1. The third kappa shape index (κ3) is 6.05. The predicted molar refractivity (Wildman–Crippen MR) is 104 cm³/mol. The van der Waals surface area contributed by atoms with E-state index in [1.54, 1.807) is 24.3 Å². The number of anilines is 1. The highest BCUT2D eigenvalue weighted by molar-refractivity contribution is 6.35. The van der Waals surface area contributed by atoms with Crippen molar-refractivity contribution >= 4 is 40.8 Å². The molecule has 0 unspecified atom stereocenters. The Morgan fingerprint density at radius 1 is 1.07 bits per heavy atom. The molecule has 2 aromatic rings. The third-order valence-corrected chi connectivity index (χ3v) is 3.96. The normalized spacial score (nSPS) is 10.2. The highest BCUT2D eigenvalue weighted by Gasteiger charge is 2.15. The van der Waals surface area contributed by atoms with Crippen LogP contribution >= 0.6 is 23.2 Å². The quantitative estimate of drug-likeness (QED) is 0.643. The molecule has 6 nitrogen and oxygen atoms in total. The van der Waals surface area contributed by atoms with Gasteiger partial charge in [0.2, 0.25) is 0 Å². The number of carbonyl (C=O) groups is 2. The molecule has 0 atom stereocenters. The number of esters is 1. The molecule has 8 heteroatoms. The molecule has 0 radical (unpaired) electrons. The molecule has 0 aromatic heterocycles. The summed E-state index contributed by atoms with van der Waals surface area (Å²) in [6.45, 7) is 2.05. The monoisotopic (exact) mass is 411 g/mol. The first kappa shape index (κ1) is 20.9. The van der Waals surface area contributed by atoms with Gasteiger partial charge < -0.3 is 19.5 Å². The zero-order valence-corrected chi connectivity index (χ0v) is 16.4. The van der Waals surface area contributed by atoms with E-state index in [1.807, 2.05) is 6.92 Å². The molecule has 0 spiro atoms. The van der Waals surface area contributed by atoms with Crippen molar-refractivity contribution in [2.24, 2.45) is 0 Å². The molecular weight excluding hydrogens is 393 g/mol. The summed E-state index contributed by atoms with van der Waals surface area (Å²) in [6.07, 6.45) is 0.846. The summed E-state index contributed by atoms with van der Waals surface area (Å²) in [5.74, 6) is -0.262. The second-order valence-corrected chi connectivity index (χ2v) is 6.31. The van der Waals surface area contributed by atoms with Crippen molar-refractivity contribution in [1.82, 2.24) is 0 Å². The van der Waals surface area contributed by atoms with Gasteiger partial charge in [0.15, 0.2) is 18.1 Å². The van der Waals surface area contributed by atoms with Crippen molar-refractivity contribution in [3.63, 3.8) is 0 Å². The fraction of sp³-hybridized carbons (Fsp3) is 0.263. The van der Waals surface area contributed by atoms with E-state index >= 15 is 0 Å². The second kappa shape index (κ2) is 10.0. The number of methoxy groups -OCH3 is 1. The Morgan fingerprint density at radius 3 is 2.56 bits per heavy atom. The van der Waals surface area contributed by atoms with Crippen LogP contribution in [-0.2, 0) is 9.53 Å². The number of halogens is 2. The number of benzene rings is 2. The van der Waals surface area contributed by atoms with Crippen LogP contribution in [0, 0.1) is 0 Å². The largest absolute Gasteiger partial charge is 0.493 e. The van der Waals surface area contributed by atoms with Crippen molar-refractivity contribution in [2.75, 3.05) is 25.6 Å². The molecule has 0 saturated heterocycles. The van der Waals surface area contributed by atoms with E-state index in [0.717, 1.165) is 6.42 Å². The molecule has 0 aliphatic rings. The zero-order valence-electron chi connectivity index (χ0n) is 14.9. The average molecular weight is 412 g/mol. The van der Waals surface area contributed by atoms with Crippen LogP contribution in [0.25, 0.3) is 0 Å². The number of ether oxygens (including phenoxy) is 3. The van der Waals surface area contributed by atoms with Gasteiger partial charge in [-0.25, -0.2) is 4.79 Å². The maximum Gasteiger partial charge on any atom is 0.338 e. The molecule has 1 N–H and O–H groups in total. The Kier molecular flexibility index (Phi) is 7.76. The van der Waals surface area contributed by atoms with Crippen LogP contribution < -0.4 is 14.8 Å². The van der Waals surface area contributed by atoms with Crippen molar-refractivity contribution in [3.8, 4) is 11.5 Å². The smallest absolute Gasteiger partial charge is 0.338 e. The van der Waals surface area contributed by atoms with Gasteiger partial charge in [-0.1, -0.05) is 30.1 Å². The van der Waals surface area contributed by atoms with Gasteiger partial charge in [-0.05, 0) is 42.8 Å². The molecule has 144 valence electrons. The molecule has 0 saturated carbocycles. The van der Waals surface area contributed by atoms with E-state index in [-0.39, 0.29) is 5.56 Å². The maximum atomic E-state index is 12.2. The van der Waals surface area contributed by atoms with Crippen molar-refractivity contribution in [2.45, 2.75) is 13.3 Å². The molecule has 1 amide bonds. The molecular formula is C19H19Cl2NO5. The second-order valence-electron chi connectivity index (χ2n) is 5.46. The first-order chi connectivity index (χ1) is 12.9. The van der Waals surface area contributed by atoms with Gasteiger partial charge in [0, 0.05) is 5.02 Å². The van der Waals surface area contributed by atoms with Crippen molar-refractivity contribution in [3.05, 3.63) is 52.0 Å². The van der Waals surface area contributed by atoms with E-state index in [9.17, 15) is 9.59 Å². The number of nitrogens with one attached hydrogen (secondary N) is 1. The van der Waals surface area contributed by atoms with Crippen LogP contribution in [0.5, 0.6) is 11.5 Å². The van der Waals surface area contributed by atoms with Crippen molar-refractivity contribution < 1.29 is 23.8 Å². The van der Waals surface area contributed by atoms with Crippen LogP contribution in [-0.4, -0.2) is 32.2 Å². The van der Waals surface area contributed by atoms with Gasteiger partial charge in [-0.15, -0.1) is 0 Å². The van der Waals surface area contributed by atoms with Gasteiger partial charge in [-0.2, -0.15) is 0 Å². The Morgan fingerprint density at radius 2 is 1.85 bits per heavy atom. The lowest BCUT2D eigenvalue weighted by Crippen LogP contribution is -2.21. The maximum absolute atomic E-state index is 12.2. The Hall–Kier alpha value is -2.44. The van der Waals surface area contributed by atoms with E-state index in [1.165, 1.54) is 19.2 Å². The Labute approximate surface area is 167 Å². The lowest BCUT2D eigenvalue weighted by molar-refractivity contribution is -0.119. The molecule has 27 heavy (non-hydrogen) atoms. The fourth-order valence-electron chi connectivity index (χ4n) is 2.12. The van der Waals surface area contributed by atoms with Crippen LogP contribution in [0.2, 0.25) is 10.0 Å². The summed E-state index contributed by atoms with van der Waals surface area (Å²) >= 11 is 11.8. The van der Waals surface area contributed by atoms with Gasteiger partial charge in [0.05, 0.1) is 30.0 Å². The molecule has 2 aromatic carbocycles. The molecule has 2 rings (SSSR count). The predicted octanol–water partition coefficient (Wildman–Crippen LogP) is 4.59. The van der Waals surface area contributed by atoms with Crippen LogP contribution in [0.3, 0.4) is 0 Å². The zero-order chi connectivity index (χ0) is 19.8. The topological polar surface area (TPSA) is 73.9 Å². The standard InChI is InChI=1S/C19H19Cl2NO5/c1-3-8-26-16-7-4-12(9-17(16)25-2)19(24)27-11-18(23)22-15-10-13(20)5-6-14(15)21/h4-7,9-10H,3,8,11H2,1-2H3,(H,22,23). The minimum absolute atomic E-state index is 0.240. The van der Waals surface area contributed by atoms with Crippen LogP contribution in [0.15, 0.2) is 36.4 Å². The Balaban J connectivity index is 1.96. The average Bonchev–Trinajstić information content (AvgIpc) is 2.67. The summed E-state index contributed by atoms with van der Waals surface area (Å²) in [7, 11) is 1.48. The molecule has 0 bridgehead atoms. The molecule has 0 aliphatic heterocycles. The van der Waals surface area contributed by atoms with E-state index in [2.05, 4.69) is 5.32 Å². The highest BCUT2D eigenvalue weighted by Crippen LogP contribution is 2.28. The first-order valence-electron chi connectivity index (χ1n) is 8.17. The number of carbonyl (C=O) groups excluding carboxylic acids is 2. The van der Waals surface area contributed by atoms with E-state index in [4.69, 9.17) is 37.4 Å². The minimum atomic E-state index is -0.664. The van der Waals surface area contributed by atoms with Gasteiger partial charge >= 0.3 is 5.97 Å². The highest BCUT2D eigenvalue weighted by atomic mass is 35.5. The molecule has 0 fully saturated rings. The third-order valence-electron chi connectivity index (χ3n) is 3.40. The van der Waals surface area contributed by atoms with Gasteiger partial charge in [-0.3, -0.25) is 4.79 Å². The summed E-state index contributed by atoms with van der Waals surface area (Å²) < 4.78 is 15.8. The lowest BCUT2D eigenvalue weighted by Gasteiger charge is -2.12. The van der Waals surface area contributed by atoms with E-state index in [0.29, 0.717) is 33.8 Å². The lowest BCUT2D eigenvalue weighted by atomic mass is 10.2. The number of hydrogen-bond donors (Lipinski definition) is 1. The van der Waals surface area contributed by atoms with Gasteiger partial charge in [0.1, 0.15) is 0 Å². The summed E-state index contributed by atoms with van der Waals surface area (Å²) in [6, 6.07) is 9.32. The van der Waals surface area contributed by atoms with Crippen LogP contribution in [0.1, 0.15) is 23.7 Å². The number of hydrogen-bond acceptors (Lipinski definition) is 5. The van der Waals surface area contributed by atoms with Gasteiger partial charge in [0.25, 0.3) is 5.91 Å². The van der Waals surface area contributed by atoms with Crippen LogP contribution in [0.4, 0.5) is 5.69 Å². The molecule has 0 aliphatic carbocycles. The summed E-state index contributed by atoms with van der Waals surface area (Å²) in [4.78, 5) is 24.1. The Bertz CT molecular complexity index is 826. The first-order valence-corrected chi connectivity index (χ1v) is 8.93. The fourth-order valence-corrected chi connectivity index (χ4v) is 2.46. The summed E-state index contributed by atoms with van der Waals surface area (Å²) in [5.41, 5.74) is 0.577.